The summed E-state index contributed by atoms with van der Waals surface area (Å²) in [5.41, 5.74) is 12.8. The minimum atomic E-state index is 0.324. The zero-order valence-corrected chi connectivity index (χ0v) is 29.7. The molecule has 53 heavy (non-hydrogen) atoms. The van der Waals surface area contributed by atoms with Crippen molar-refractivity contribution in [3.8, 4) is 44.8 Å². The van der Waals surface area contributed by atoms with E-state index >= 15 is 0 Å². The Bertz CT molecular complexity index is 3080. The number of hydrogen-bond donors (Lipinski definition) is 0. The van der Waals surface area contributed by atoms with Crippen molar-refractivity contribution in [1.82, 2.24) is 14.0 Å². The van der Waals surface area contributed by atoms with Gasteiger partial charge in [-0.1, -0.05) is 133 Å². The summed E-state index contributed by atoms with van der Waals surface area (Å²) in [6, 6.07) is 55.6. The van der Waals surface area contributed by atoms with Crippen LogP contribution in [0.15, 0.2) is 182 Å². The fourth-order valence-corrected chi connectivity index (χ4v) is 9.60. The quantitative estimate of drug-likeness (QED) is 0.176. The van der Waals surface area contributed by atoms with Gasteiger partial charge in [-0.25, -0.2) is 4.98 Å². The van der Waals surface area contributed by atoms with Crippen LogP contribution in [0.2, 0.25) is 0 Å². The fourth-order valence-electron chi connectivity index (χ4n) is 8.38. The van der Waals surface area contributed by atoms with Crippen molar-refractivity contribution in [1.29, 1.82) is 0 Å². The number of imidazole rings is 1. The van der Waals surface area contributed by atoms with Gasteiger partial charge in [0.25, 0.3) is 0 Å². The van der Waals surface area contributed by atoms with E-state index in [0.717, 1.165) is 34.6 Å². The molecule has 10 aromatic rings. The number of allylic oxidation sites excluding steroid dienone is 4. The van der Waals surface area contributed by atoms with E-state index in [9.17, 15) is 0 Å². The van der Waals surface area contributed by atoms with Crippen molar-refractivity contribution >= 4 is 59.0 Å². The van der Waals surface area contributed by atoms with Crippen LogP contribution < -0.4 is 0 Å². The Balaban J connectivity index is 0.985. The number of fused-ring (bicyclic) bond motifs is 7. The summed E-state index contributed by atoms with van der Waals surface area (Å²) in [7, 11) is 0. The second kappa shape index (κ2) is 12.0. The van der Waals surface area contributed by atoms with E-state index in [1.165, 1.54) is 64.2 Å². The molecular formula is C49H33N3S. The SMILES string of the molecule is C1=CCC(n2c3ccccc3c3cc(-c4ccc5sc6c(-c7ccc(-c8nc9ccccn9c8-c8ccccc8)cc7)cccc6c5c4)ccc32)C=C1. The smallest absolute Gasteiger partial charge is 0.137 e. The van der Waals surface area contributed by atoms with Gasteiger partial charge in [0.1, 0.15) is 5.65 Å². The Kier molecular flexibility index (Phi) is 6.86. The molecular weight excluding hydrogens is 663 g/mol. The highest BCUT2D eigenvalue weighted by Gasteiger charge is 2.19. The lowest BCUT2D eigenvalue weighted by Crippen LogP contribution is -2.06. The maximum Gasteiger partial charge on any atom is 0.137 e. The third kappa shape index (κ3) is 4.83. The minimum Gasteiger partial charge on any atom is -0.333 e. The lowest BCUT2D eigenvalue weighted by molar-refractivity contribution is 0.648. The van der Waals surface area contributed by atoms with E-state index in [4.69, 9.17) is 4.98 Å². The van der Waals surface area contributed by atoms with Gasteiger partial charge in [0.2, 0.25) is 0 Å². The minimum absolute atomic E-state index is 0.324. The first-order valence-corrected chi connectivity index (χ1v) is 19.1. The maximum absolute atomic E-state index is 5.09. The van der Waals surface area contributed by atoms with Crippen LogP contribution in [-0.2, 0) is 0 Å². The van der Waals surface area contributed by atoms with Crippen LogP contribution in [-0.4, -0.2) is 14.0 Å². The molecule has 6 aromatic carbocycles. The third-order valence-corrected chi connectivity index (χ3v) is 12.1. The highest BCUT2D eigenvalue weighted by Crippen LogP contribution is 2.43. The van der Waals surface area contributed by atoms with E-state index in [1.54, 1.807) is 0 Å². The number of hydrogen-bond acceptors (Lipinski definition) is 2. The van der Waals surface area contributed by atoms with Crippen LogP contribution in [0.4, 0.5) is 0 Å². The molecule has 1 unspecified atom stereocenters. The van der Waals surface area contributed by atoms with Crippen LogP contribution in [0.5, 0.6) is 0 Å². The molecule has 4 aromatic heterocycles. The second-order valence-electron chi connectivity index (χ2n) is 13.9. The van der Waals surface area contributed by atoms with Gasteiger partial charge in [-0.2, -0.15) is 0 Å². The van der Waals surface area contributed by atoms with Gasteiger partial charge in [0.05, 0.1) is 17.4 Å². The molecule has 11 rings (SSSR count). The van der Waals surface area contributed by atoms with Crippen LogP contribution in [0.3, 0.4) is 0 Å². The van der Waals surface area contributed by atoms with Crippen molar-refractivity contribution in [2.24, 2.45) is 0 Å². The first kappa shape index (κ1) is 30.2. The summed E-state index contributed by atoms with van der Waals surface area (Å²) in [5.74, 6) is 0. The monoisotopic (exact) mass is 695 g/mol. The molecule has 3 nitrogen and oxygen atoms in total. The van der Waals surface area contributed by atoms with Gasteiger partial charge in [0.15, 0.2) is 0 Å². The first-order valence-electron chi connectivity index (χ1n) is 18.2. The Morgan fingerprint density at radius 3 is 2.15 bits per heavy atom. The van der Waals surface area contributed by atoms with Crippen molar-refractivity contribution < 1.29 is 0 Å². The van der Waals surface area contributed by atoms with Gasteiger partial charge in [-0.15, -0.1) is 11.3 Å². The van der Waals surface area contributed by atoms with Crippen LogP contribution in [0.1, 0.15) is 12.5 Å². The normalized spacial score (nSPS) is 14.4. The van der Waals surface area contributed by atoms with Crippen LogP contribution in [0, 0.1) is 0 Å². The Morgan fingerprint density at radius 1 is 0.547 bits per heavy atom. The molecule has 1 atom stereocenters. The summed E-state index contributed by atoms with van der Waals surface area (Å²) in [4.78, 5) is 5.09. The molecule has 0 fully saturated rings. The molecule has 250 valence electrons. The first-order chi connectivity index (χ1) is 26.3. The molecule has 1 aliphatic carbocycles. The Labute approximate surface area is 311 Å². The van der Waals surface area contributed by atoms with Crippen LogP contribution in [0.25, 0.3) is 92.4 Å². The zero-order chi connectivity index (χ0) is 34.9. The summed E-state index contributed by atoms with van der Waals surface area (Å²) >= 11 is 1.88. The van der Waals surface area contributed by atoms with Crippen molar-refractivity contribution in [3.63, 3.8) is 0 Å². The standard InChI is InChI=1S/C49H33N3S/c1-3-12-34(13-4-1)48-47(50-46-20-9-10-29-51(46)48)33-23-21-32(22-24-33)38-17-11-18-40-42-31-36(26-28-45(42)53-49(38)40)35-25-27-44-41(30-35)39-16-7-8-19-43(39)52(44)37-14-5-2-6-15-37/h1-14,16-31,37H,15H2. The summed E-state index contributed by atoms with van der Waals surface area (Å²) in [6.45, 7) is 0. The number of thiophene rings is 1. The van der Waals surface area contributed by atoms with E-state index in [2.05, 4.69) is 185 Å². The molecule has 0 saturated carbocycles. The number of pyridine rings is 1. The zero-order valence-electron chi connectivity index (χ0n) is 28.9. The highest BCUT2D eigenvalue weighted by molar-refractivity contribution is 7.26. The predicted molar refractivity (Wildman–Crippen MR) is 225 cm³/mol. The molecule has 0 saturated heterocycles. The van der Waals surface area contributed by atoms with Gasteiger partial charge >= 0.3 is 0 Å². The van der Waals surface area contributed by atoms with Crippen molar-refractivity contribution in [3.05, 3.63) is 182 Å². The molecule has 4 heteroatoms. The maximum atomic E-state index is 5.09. The predicted octanol–water partition coefficient (Wildman–Crippen LogP) is 13.5. The van der Waals surface area contributed by atoms with Crippen molar-refractivity contribution in [2.45, 2.75) is 12.5 Å². The van der Waals surface area contributed by atoms with E-state index in [0.29, 0.717) is 6.04 Å². The summed E-state index contributed by atoms with van der Waals surface area (Å²) < 4.78 is 7.32. The fraction of sp³-hybridized carbons (Fsp3) is 0.0408. The average Bonchev–Trinajstić information content (AvgIpc) is 3.91. The molecule has 0 N–H and O–H groups in total. The molecule has 0 aliphatic heterocycles. The number of aromatic nitrogens is 3. The van der Waals surface area contributed by atoms with Crippen molar-refractivity contribution in [2.75, 3.05) is 0 Å². The second-order valence-corrected chi connectivity index (χ2v) is 15.0. The molecule has 0 bridgehead atoms. The number of benzene rings is 6. The summed E-state index contributed by atoms with van der Waals surface area (Å²) in [5, 5.41) is 5.22. The van der Waals surface area contributed by atoms with E-state index in [1.807, 2.05) is 17.4 Å². The largest absolute Gasteiger partial charge is 0.333 e. The molecule has 0 radical (unpaired) electrons. The molecule has 0 spiro atoms. The van der Waals surface area contributed by atoms with Gasteiger partial charge < -0.3 is 4.57 Å². The van der Waals surface area contributed by atoms with Gasteiger partial charge in [0, 0.05) is 59.3 Å². The number of nitrogens with zero attached hydrogens (tertiary/aromatic N) is 3. The molecule has 0 amide bonds. The lowest BCUT2D eigenvalue weighted by Gasteiger charge is -2.18. The van der Waals surface area contributed by atoms with Gasteiger partial charge in [-0.3, -0.25) is 4.40 Å². The Morgan fingerprint density at radius 2 is 1.28 bits per heavy atom. The average molecular weight is 696 g/mol. The van der Waals surface area contributed by atoms with Gasteiger partial charge in [-0.05, 0) is 71.1 Å². The van der Waals surface area contributed by atoms with E-state index < -0.39 is 0 Å². The topological polar surface area (TPSA) is 22.2 Å². The lowest BCUT2D eigenvalue weighted by atomic mass is 9.98. The number of rotatable bonds is 5. The molecule has 4 heterocycles. The summed E-state index contributed by atoms with van der Waals surface area (Å²) in [6.07, 6.45) is 12.0. The third-order valence-electron chi connectivity index (χ3n) is 10.9. The Hall–Kier alpha value is -6.49. The molecule has 1 aliphatic rings. The van der Waals surface area contributed by atoms with Crippen LogP contribution >= 0.6 is 11.3 Å². The number of para-hydroxylation sites is 1. The highest BCUT2D eigenvalue weighted by atomic mass is 32.1. The van der Waals surface area contributed by atoms with E-state index in [-0.39, 0.29) is 0 Å².